The molecule has 2 aromatic rings. The maximum Gasteiger partial charge on any atom is 0.153 e. The molecule has 2 nitrogen and oxygen atoms in total. The average Bonchev–Trinajstić information content (AvgIpc) is 2.88. The van der Waals surface area contributed by atoms with Crippen LogP contribution in [-0.2, 0) is 6.42 Å². The number of hydrogen-bond donors (Lipinski definition) is 0. The molecule has 0 amide bonds. The lowest BCUT2D eigenvalue weighted by atomic mass is 10.1. The van der Waals surface area contributed by atoms with Crippen LogP contribution in [0.4, 0.5) is 0 Å². The van der Waals surface area contributed by atoms with E-state index in [0.29, 0.717) is 11.3 Å². The third-order valence-electron chi connectivity index (χ3n) is 2.99. The van der Waals surface area contributed by atoms with Gasteiger partial charge in [-0.1, -0.05) is 22.0 Å². The summed E-state index contributed by atoms with van der Waals surface area (Å²) in [5, 5.41) is 0. The highest BCUT2D eigenvalue weighted by molar-refractivity contribution is 9.10. The number of thioether (sulfide) groups is 1. The van der Waals surface area contributed by atoms with E-state index in [9.17, 15) is 4.79 Å². The third kappa shape index (κ3) is 2.69. The summed E-state index contributed by atoms with van der Waals surface area (Å²) in [7, 11) is 0. The summed E-state index contributed by atoms with van der Waals surface area (Å²) < 4.78 is 6.68. The predicted octanol–water partition coefficient (Wildman–Crippen LogP) is 4.70. The lowest BCUT2D eigenvalue weighted by molar-refractivity contribution is 0.112. The fourth-order valence-electron chi connectivity index (χ4n) is 2.04. The van der Waals surface area contributed by atoms with E-state index in [1.807, 2.05) is 30.0 Å². The van der Waals surface area contributed by atoms with E-state index in [2.05, 4.69) is 22.0 Å². The number of carbonyl (C=O) groups is 1. The van der Waals surface area contributed by atoms with Crippen LogP contribution >= 0.6 is 27.7 Å². The van der Waals surface area contributed by atoms with Gasteiger partial charge < -0.3 is 4.74 Å². The second-order valence-corrected chi connectivity index (χ2v) is 6.32. The molecule has 1 heterocycles. The maximum atomic E-state index is 11.1. The molecule has 0 saturated heterocycles. The van der Waals surface area contributed by atoms with Gasteiger partial charge >= 0.3 is 0 Å². The molecule has 1 aliphatic rings. The Morgan fingerprint density at radius 2 is 2.11 bits per heavy atom. The Hall–Kier alpha value is -1.26. The second kappa shape index (κ2) is 5.39. The van der Waals surface area contributed by atoms with Crippen LogP contribution in [-0.4, -0.2) is 12.0 Å². The maximum absolute atomic E-state index is 11.1. The first-order valence-corrected chi connectivity index (χ1v) is 7.72. The quantitative estimate of drug-likeness (QED) is 0.761. The Balaban J connectivity index is 1.91. The minimum atomic E-state index is 0.544. The van der Waals surface area contributed by atoms with Crippen molar-refractivity contribution in [1.29, 1.82) is 0 Å². The van der Waals surface area contributed by atoms with Crippen molar-refractivity contribution >= 4 is 34.0 Å². The van der Waals surface area contributed by atoms with E-state index >= 15 is 0 Å². The van der Waals surface area contributed by atoms with E-state index < -0.39 is 0 Å². The van der Waals surface area contributed by atoms with Crippen molar-refractivity contribution in [2.24, 2.45) is 0 Å². The van der Waals surface area contributed by atoms with Gasteiger partial charge in [0.25, 0.3) is 0 Å². The molecule has 3 rings (SSSR count). The van der Waals surface area contributed by atoms with Gasteiger partial charge in [0, 0.05) is 15.1 Å². The molecule has 0 N–H and O–H groups in total. The Bertz CT molecular complexity index is 640. The Morgan fingerprint density at radius 3 is 2.95 bits per heavy atom. The topological polar surface area (TPSA) is 26.3 Å². The number of halogens is 1. The zero-order chi connectivity index (χ0) is 13.2. The first kappa shape index (κ1) is 12.8. The number of ether oxygens (including phenoxy) is 1. The van der Waals surface area contributed by atoms with Crippen LogP contribution in [0.1, 0.15) is 15.9 Å². The van der Waals surface area contributed by atoms with Crippen LogP contribution in [0.15, 0.2) is 45.8 Å². The van der Waals surface area contributed by atoms with Crippen LogP contribution in [0.3, 0.4) is 0 Å². The normalized spacial score (nSPS) is 13.1. The number of fused-ring (bicyclic) bond motifs is 1. The van der Waals surface area contributed by atoms with Gasteiger partial charge in [-0.25, -0.2) is 0 Å². The van der Waals surface area contributed by atoms with Gasteiger partial charge in [0.2, 0.25) is 0 Å². The molecule has 0 atom stereocenters. The molecular weight excluding hydrogens is 324 g/mol. The molecule has 2 aromatic carbocycles. The van der Waals surface area contributed by atoms with E-state index in [1.54, 1.807) is 12.1 Å². The fourth-order valence-corrected chi connectivity index (χ4v) is 3.52. The highest BCUT2D eigenvalue weighted by Crippen LogP contribution is 2.36. The van der Waals surface area contributed by atoms with Gasteiger partial charge in [0.15, 0.2) is 6.29 Å². The van der Waals surface area contributed by atoms with E-state index in [4.69, 9.17) is 4.74 Å². The van der Waals surface area contributed by atoms with Crippen LogP contribution in [0.25, 0.3) is 0 Å². The number of carbonyl (C=O) groups excluding carboxylic acids is 1. The molecule has 0 unspecified atom stereocenters. The Kier molecular flexibility index (Phi) is 3.62. The second-order valence-electron chi connectivity index (χ2n) is 4.27. The number of hydrogen-bond acceptors (Lipinski definition) is 3. The minimum Gasteiger partial charge on any atom is -0.457 e. The first-order chi connectivity index (χ1) is 9.26. The van der Waals surface area contributed by atoms with Crippen LogP contribution in [0.2, 0.25) is 0 Å². The molecule has 19 heavy (non-hydrogen) atoms. The summed E-state index contributed by atoms with van der Waals surface area (Å²) in [6.45, 7) is 0. The lowest BCUT2D eigenvalue weighted by Gasteiger charge is -2.09. The van der Waals surface area contributed by atoms with Gasteiger partial charge in [-0.3, -0.25) is 4.79 Å². The molecule has 0 spiro atoms. The van der Waals surface area contributed by atoms with Crippen LogP contribution < -0.4 is 4.74 Å². The van der Waals surface area contributed by atoms with Gasteiger partial charge in [-0.15, -0.1) is 11.8 Å². The Labute approximate surface area is 124 Å². The van der Waals surface area contributed by atoms with Crippen molar-refractivity contribution in [2.75, 3.05) is 5.75 Å². The molecule has 0 radical (unpaired) electrons. The molecule has 0 saturated carbocycles. The summed E-state index contributed by atoms with van der Waals surface area (Å²) in [4.78, 5) is 12.3. The van der Waals surface area contributed by atoms with Crippen molar-refractivity contribution in [3.05, 3.63) is 52.0 Å². The molecule has 4 heteroatoms. The van der Waals surface area contributed by atoms with Crippen molar-refractivity contribution in [3.63, 3.8) is 0 Å². The molecular formula is C15H11BrO2S. The summed E-state index contributed by atoms with van der Waals surface area (Å²) in [6, 6.07) is 11.5. The van der Waals surface area contributed by atoms with Crippen molar-refractivity contribution in [1.82, 2.24) is 0 Å². The van der Waals surface area contributed by atoms with E-state index in [0.717, 1.165) is 28.7 Å². The molecule has 96 valence electrons. The van der Waals surface area contributed by atoms with Gasteiger partial charge in [0.05, 0.1) is 5.56 Å². The third-order valence-corrected chi connectivity index (χ3v) is 4.59. The van der Waals surface area contributed by atoms with Gasteiger partial charge in [-0.05, 0) is 42.3 Å². The molecule has 0 aromatic heterocycles. The van der Waals surface area contributed by atoms with E-state index in [-0.39, 0.29) is 0 Å². The molecule has 0 fully saturated rings. The number of rotatable bonds is 3. The summed E-state index contributed by atoms with van der Waals surface area (Å²) in [5.74, 6) is 2.50. The van der Waals surface area contributed by atoms with Crippen molar-refractivity contribution in [2.45, 2.75) is 11.3 Å². The Morgan fingerprint density at radius 1 is 1.21 bits per heavy atom. The molecule has 0 bridgehead atoms. The zero-order valence-corrected chi connectivity index (χ0v) is 12.5. The fraction of sp³-hybridized carbons (Fsp3) is 0.133. The summed E-state index contributed by atoms with van der Waals surface area (Å²) in [6.07, 6.45) is 1.93. The van der Waals surface area contributed by atoms with Crippen molar-refractivity contribution in [3.8, 4) is 11.5 Å². The zero-order valence-electron chi connectivity index (χ0n) is 10.1. The lowest BCUT2D eigenvalue weighted by Crippen LogP contribution is -1.91. The first-order valence-electron chi connectivity index (χ1n) is 5.94. The number of aryl methyl sites for hydroxylation is 1. The van der Waals surface area contributed by atoms with Gasteiger partial charge in [-0.2, -0.15) is 0 Å². The SMILES string of the molecule is O=Cc1cc(Br)ccc1Oc1ccc2c(c1)SCC2. The largest absolute Gasteiger partial charge is 0.457 e. The predicted molar refractivity (Wildman–Crippen MR) is 80.5 cm³/mol. The number of benzene rings is 2. The van der Waals surface area contributed by atoms with Gasteiger partial charge in [0.1, 0.15) is 11.5 Å². The monoisotopic (exact) mass is 334 g/mol. The van der Waals surface area contributed by atoms with E-state index in [1.165, 1.54) is 10.5 Å². The van der Waals surface area contributed by atoms with Crippen LogP contribution in [0, 0.1) is 0 Å². The minimum absolute atomic E-state index is 0.544. The van der Waals surface area contributed by atoms with Crippen molar-refractivity contribution < 1.29 is 9.53 Å². The van der Waals surface area contributed by atoms with Crippen LogP contribution in [0.5, 0.6) is 11.5 Å². The molecule has 0 aliphatic carbocycles. The highest BCUT2D eigenvalue weighted by atomic mass is 79.9. The summed E-state index contributed by atoms with van der Waals surface area (Å²) in [5.41, 5.74) is 1.92. The summed E-state index contributed by atoms with van der Waals surface area (Å²) >= 11 is 5.19. The standard InChI is InChI=1S/C15H11BrO2S/c16-12-2-4-14(11(7-12)9-17)18-13-3-1-10-5-6-19-15(10)8-13/h1-4,7-9H,5-6H2. The average molecular weight is 335 g/mol. The highest BCUT2D eigenvalue weighted by Gasteiger charge is 2.13. The smallest absolute Gasteiger partial charge is 0.153 e. The number of aldehydes is 1. The molecule has 1 aliphatic heterocycles.